The molecule has 1 fully saturated rings. The van der Waals surface area contributed by atoms with Crippen LogP contribution in [-0.4, -0.2) is 34.7 Å². The van der Waals surface area contributed by atoms with Crippen molar-refractivity contribution in [1.82, 2.24) is 4.72 Å². The standard InChI is InChI=1S/C22H22N2O3S/c25-28(26,17-8-2-1-3-9-17)23-21-18-10-4-6-16-7-5-11-19(20(16)18)22(21)24-12-14-27-15-13-24/h1-11,21-23H,12-15H2/p+1/t21-,22-/m0/s1. The van der Waals surface area contributed by atoms with E-state index < -0.39 is 10.0 Å². The molecule has 2 aliphatic rings. The van der Waals surface area contributed by atoms with Gasteiger partial charge in [0.2, 0.25) is 10.0 Å². The fourth-order valence-electron chi connectivity index (χ4n) is 4.64. The number of sulfonamides is 1. The maximum atomic E-state index is 13.1. The summed E-state index contributed by atoms with van der Waals surface area (Å²) >= 11 is 0. The lowest BCUT2D eigenvalue weighted by Crippen LogP contribution is -3.14. The minimum absolute atomic E-state index is 0.0449. The van der Waals surface area contributed by atoms with Gasteiger partial charge < -0.3 is 9.64 Å². The lowest BCUT2D eigenvalue weighted by atomic mass is 10.0. The van der Waals surface area contributed by atoms with Crippen LogP contribution >= 0.6 is 0 Å². The van der Waals surface area contributed by atoms with E-state index in [0.29, 0.717) is 18.1 Å². The maximum Gasteiger partial charge on any atom is 0.241 e. The van der Waals surface area contributed by atoms with Gasteiger partial charge in [0.15, 0.2) is 0 Å². The molecule has 3 aromatic rings. The zero-order chi connectivity index (χ0) is 19.1. The molecule has 1 saturated heterocycles. The van der Waals surface area contributed by atoms with Crippen LogP contribution in [0.1, 0.15) is 23.2 Å². The molecule has 5 nitrogen and oxygen atoms in total. The minimum Gasteiger partial charge on any atom is -0.370 e. The van der Waals surface area contributed by atoms with Gasteiger partial charge in [-0.3, -0.25) is 0 Å². The van der Waals surface area contributed by atoms with Crippen molar-refractivity contribution in [3.05, 3.63) is 77.9 Å². The van der Waals surface area contributed by atoms with E-state index in [0.717, 1.165) is 24.0 Å². The van der Waals surface area contributed by atoms with Crippen LogP contribution in [0.25, 0.3) is 10.8 Å². The van der Waals surface area contributed by atoms with E-state index in [9.17, 15) is 8.42 Å². The van der Waals surface area contributed by atoms with E-state index in [4.69, 9.17) is 4.74 Å². The SMILES string of the molecule is O=S(=O)(N[C@H]1c2cccc3cccc(c23)[C@@H]1[NH+]1CCOCC1)c1ccccc1. The number of rotatable bonds is 4. The summed E-state index contributed by atoms with van der Waals surface area (Å²) in [5.41, 5.74) is 2.29. The summed E-state index contributed by atoms with van der Waals surface area (Å²) in [6.45, 7) is 3.16. The van der Waals surface area contributed by atoms with E-state index in [1.165, 1.54) is 15.8 Å². The molecule has 0 saturated carbocycles. The topological polar surface area (TPSA) is 59.8 Å². The Kier molecular flexibility index (Phi) is 4.44. The van der Waals surface area contributed by atoms with Crippen molar-refractivity contribution >= 4 is 20.8 Å². The monoisotopic (exact) mass is 395 g/mol. The van der Waals surface area contributed by atoms with E-state index in [2.05, 4.69) is 35.1 Å². The molecule has 144 valence electrons. The van der Waals surface area contributed by atoms with Gasteiger partial charge in [-0.2, -0.15) is 4.72 Å². The summed E-state index contributed by atoms with van der Waals surface area (Å²) in [4.78, 5) is 1.67. The Balaban J connectivity index is 1.61. The van der Waals surface area contributed by atoms with Crippen molar-refractivity contribution in [2.45, 2.75) is 17.0 Å². The van der Waals surface area contributed by atoms with Crippen LogP contribution < -0.4 is 9.62 Å². The predicted octanol–water partition coefficient (Wildman–Crippen LogP) is 1.83. The Hall–Kier alpha value is -2.25. The van der Waals surface area contributed by atoms with Crippen LogP contribution in [0.5, 0.6) is 0 Å². The van der Waals surface area contributed by atoms with Crippen LogP contribution in [-0.2, 0) is 14.8 Å². The molecule has 2 N–H and O–H groups in total. The van der Waals surface area contributed by atoms with E-state index in [-0.39, 0.29) is 12.1 Å². The molecule has 0 spiro atoms. The first-order valence-electron chi connectivity index (χ1n) is 9.66. The highest BCUT2D eigenvalue weighted by Crippen LogP contribution is 2.43. The van der Waals surface area contributed by atoms with Gasteiger partial charge in [0, 0.05) is 5.56 Å². The number of benzene rings is 3. The first kappa shape index (κ1) is 17.8. The highest BCUT2D eigenvalue weighted by Gasteiger charge is 2.43. The van der Waals surface area contributed by atoms with E-state index in [1.807, 2.05) is 12.1 Å². The molecule has 1 aliphatic carbocycles. The molecule has 0 aromatic heterocycles. The lowest BCUT2D eigenvalue weighted by molar-refractivity contribution is -0.940. The van der Waals surface area contributed by atoms with Crippen LogP contribution in [0.2, 0.25) is 0 Å². The largest absolute Gasteiger partial charge is 0.370 e. The van der Waals surface area contributed by atoms with Gasteiger partial charge in [-0.15, -0.1) is 0 Å². The van der Waals surface area contributed by atoms with E-state index in [1.54, 1.807) is 24.3 Å². The Labute approximate surface area is 165 Å². The minimum atomic E-state index is -3.62. The number of morpholine rings is 1. The maximum absolute atomic E-state index is 13.1. The first-order valence-corrected chi connectivity index (χ1v) is 11.1. The number of ether oxygens (including phenoxy) is 1. The molecule has 0 amide bonds. The summed E-state index contributed by atoms with van der Waals surface area (Å²) in [5.74, 6) is 0. The van der Waals surface area contributed by atoms with Gasteiger partial charge in [0.1, 0.15) is 25.2 Å². The van der Waals surface area contributed by atoms with Crippen molar-refractivity contribution in [3.63, 3.8) is 0 Å². The van der Waals surface area contributed by atoms with Crippen LogP contribution in [0.3, 0.4) is 0 Å². The fraction of sp³-hybridized carbons (Fsp3) is 0.273. The number of hydrogen-bond donors (Lipinski definition) is 2. The summed E-state index contributed by atoms with van der Waals surface area (Å²) < 4.78 is 34.9. The molecular weight excluding hydrogens is 372 g/mol. The number of nitrogens with one attached hydrogen (secondary N) is 2. The molecule has 0 radical (unpaired) electrons. The highest BCUT2D eigenvalue weighted by molar-refractivity contribution is 7.89. The first-order chi connectivity index (χ1) is 13.6. The van der Waals surface area contributed by atoms with E-state index >= 15 is 0 Å². The van der Waals surface area contributed by atoms with Crippen LogP contribution in [0.4, 0.5) is 0 Å². The van der Waals surface area contributed by atoms with Crippen molar-refractivity contribution in [2.75, 3.05) is 26.3 Å². The Morgan fingerprint density at radius 3 is 2.25 bits per heavy atom. The zero-order valence-corrected chi connectivity index (χ0v) is 16.3. The molecule has 2 atom stereocenters. The molecule has 0 bridgehead atoms. The van der Waals surface area contributed by atoms with Gasteiger partial charge in [-0.05, 0) is 28.5 Å². The lowest BCUT2D eigenvalue weighted by Gasteiger charge is -2.33. The Bertz CT molecular complexity index is 1100. The second-order valence-corrected chi connectivity index (χ2v) is 9.17. The quantitative estimate of drug-likeness (QED) is 0.709. The van der Waals surface area contributed by atoms with Crippen LogP contribution in [0.15, 0.2) is 71.6 Å². The molecule has 6 heteroatoms. The molecule has 1 heterocycles. The summed E-state index contributed by atoms with van der Waals surface area (Å²) in [6, 6.07) is 20.9. The predicted molar refractivity (Wildman–Crippen MR) is 108 cm³/mol. The Morgan fingerprint density at radius 1 is 0.857 bits per heavy atom. The zero-order valence-electron chi connectivity index (χ0n) is 15.5. The second-order valence-electron chi connectivity index (χ2n) is 7.45. The third-order valence-corrected chi connectivity index (χ3v) is 7.34. The highest BCUT2D eigenvalue weighted by atomic mass is 32.2. The molecule has 5 rings (SSSR count). The molecule has 1 aliphatic heterocycles. The second kappa shape index (κ2) is 6.97. The van der Waals surface area contributed by atoms with Gasteiger partial charge in [0.05, 0.1) is 18.1 Å². The van der Waals surface area contributed by atoms with Crippen molar-refractivity contribution < 1.29 is 18.1 Å². The molecule has 3 aromatic carbocycles. The van der Waals surface area contributed by atoms with Crippen molar-refractivity contribution in [3.8, 4) is 0 Å². The van der Waals surface area contributed by atoms with Gasteiger partial charge >= 0.3 is 0 Å². The Morgan fingerprint density at radius 2 is 1.54 bits per heavy atom. The van der Waals surface area contributed by atoms with Crippen molar-refractivity contribution in [2.24, 2.45) is 0 Å². The third kappa shape index (κ3) is 2.93. The molecule has 0 unspecified atom stereocenters. The summed E-state index contributed by atoms with van der Waals surface area (Å²) in [5, 5.41) is 2.35. The number of quaternary nitrogens is 1. The summed E-state index contributed by atoms with van der Waals surface area (Å²) in [7, 11) is -3.62. The average Bonchev–Trinajstić information content (AvgIpc) is 3.04. The molecular formula is C22H23N2O3S+. The van der Waals surface area contributed by atoms with Gasteiger partial charge in [-0.25, -0.2) is 8.42 Å². The van der Waals surface area contributed by atoms with Crippen LogP contribution in [0, 0.1) is 0 Å². The number of hydrogen-bond acceptors (Lipinski definition) is 3. The van der Waals surface area contributed by atoms with Gasteiger partial charge in [0.25, 0.3) is 0 Å². The van der Waals surface area contributed by atoms with Crippen molar-refractivity contribution in [1.29, 1.82) is 0 Å². The normalized spacial score (nSPS) is 22.6. The fourth-order valence-corrected chi connectivity index (χ4v) is 5.89. The molecule has 28 heavy (non-hydrogen) atoms. The smallest absolute Gasteiger partial charge is 0.241 e. The summed E-state index contributed by atoms with van der Waals surface area (Å²) in [6.07, 6.45) is 0. The van der Waals surface area contributed by atoms with Gasteiger partial charge in [-0.1, -0.05) is 54.6 Å². The average molecular weight is 396 g/mol. The third-order valence-electron chi connectivity index (χ3n) is 5.88.